The number of hydrogen-bond acceptors (Lipinski definition) is 3. The zero-order valence-corrected chi connectivity index (χ0v) is 10.5. The van der Waals surface area contributed by atoms with Gasteiger partial charge in [-0.25, -0.2) is 0 Å². The van der Waals surface area contributed by atoms with Gasteiger partial charge in [-0.1, -0.05) is 17.7 Å². The molecule has 3 nitrogen and oxygen atoms in total. The maximum absolute atomic E-state index is 5.66. The molecule has 1 heterocycles. The van der Waals surface area contributed by atoms with E-state index in [2.05, 4.69) is 16.3 Å². The summed E-state index contributed by atoms with van der Waals surface area (Å²) in [7, 11) is 0. The van der Waals surface area contributed by atoms with Gasteiger partial charge in [-0.2, -0.15) is 5.10 Å². The molecule has 2 aromatic rings. The Balaban J connectivity index is 2.04. The molecule has 88 valence electrons. The summed E-state index contributed by atoms with van der Waals surface area (Å²) in [4.78, 5) is 0. The molecule has 0 fully saturated rings. The predicted molar refractivity (Wildman–Crippen MR) is 67.3 cm³/mol. The molecule has 0 aliphatic rings. The lowest BCUT2D eigenvalue weighted by molar-refractivity contribution is 0.299. The van der Waals surface area contributed by atoms with Gasteiger partial charge in [0.2, 0.25) is 0 Å². The highest BCUT2D eigenvalue weighted by molar-refractivity contribution is 6.29. The highest BCUT2D eigenvalue weighted by atomic mass is 35.5. The third-order valence-corrected chi connectivity index (χ3v) is 2.47. The Morgan fingerprint density at radius 2 is 1.76 bits per heavy atom. The Morgan fingerprint density at radius 3 is 2.35 bits per heavy atom. The quantitative estimate of drug-likeness (QED) is 0.836. The maximum Gasteiger partial charge on any atom is 0.151 e. The van der Waals surface area contributed by atoms with E-state index < -0.39 is 0 Å². The molecule has 0 atom stereocenters. The van der Waals surface area contributed by atoms with Crippen molar-refractivity contribution in [3.8, 4) is 5.75 Å². The van der Waals surface area contributed by atoms with Gasteiger partial charge in [0.1, 0.15) is 18.1 Å². The van der Waals surface area contributed by atoms with Crippen molar-refractivity contribution in [1.29, 1.82) is 0 Å². The van der Waals surface area contributed by atoms with Gasteiger partial charge < -0.3 is 4.74 Å². The van der Waals surface area contributed by atoms with Gasteiger partial charge in [-0.05, 0) is 49.2 Å². The number of rotatable bonds is 3. The molecule has 0 bridgehead atoms. The van der Waals surface area contributed by atoms with Crippen molar-refractivity contribution in [2.75, 3.05) is 0 Å². The number of benzene rings is 1. The Labute approximate surface area is 105 Å². The molecular weight excluding hydrogens is 236 g/mol. The highest BCUT2D eigenvalue weighted by Gasteiger charge is 2.00. The van der Waals surface area contributed by atoms with Gasteiger partial charge in [0.05, 0.1) is 0 Å². The van der Waals surface area contributed by atoms with E-state index >= 15 is 0 Å². The lowest BCUT2D eigenvalue weighted by Crippen LogP contribution is -2.00. The summed E-state index contributed by atoms with van der Waals surface area (Å²) < 4.78 is 5.65. The monoisotopic (exact) mass is 248 g/mol. The minimum atomic E-state index is 0.389. The molecule has 17 heavy (non-hydrogen) atoms. The first kappa shape index (κ1) is 11.9. The Hall–Kier alpha value is -1.61. The summed E-state index contributed by atoms with van der Waals surface area (Å²) in [6.45, 7) is 4.48. The first-order chi connectivity index (χ1) is 8.13. The second kappa shape index (κ2) is 5.15. The van der Waals surface area contributed by atoms with Crippen molar-refractivity contribution in [3.63, 3.8) is 0 Å². The molecule has 0 aliphatic carbocycles. The molecule has 0 radical (unpaired) electrons. The van der Waals surface area contributed by atoms with Gasteiger partial charge in [0, 0.05) is 0 Å². The standard InChI is InChI=1S/C13H13ClN2O/c1-9-5-10(2)7-12(6-9)17-8-11-3-4-13(14)16-15-11/h3-7H,8H2,1-2H3. The van der Waals surface area contributed by atoms with Crippen LogP contribution in [0.1, 0.15) is 16.8 Å². The minimum absolute atomic E-state index is 0.389. The van der Waals surface area contributed by atoms with E-state index in [1.54, 1.807) is 12.1 Å². The molecule has 0 aliphatic heterocycles. The average molecular weight is 249 g/mol. The number of ether oxygens (including phenoxy) is 1. The molecule has 0 spiro atoms. The summed E-state index contributed by atoms with van der Waals surface area (Å²) in [5.41, 5.74) is 3.12. The van der Waals surface area contributed by atoms with Crippen LogP contribution in [0.15, 0.2) is 30.3 Å². The van der Waals surface area contributed by atoms with E-state index in [0.717, 1.165) is 11.4 Å². The van der Waals surface area contributed by atoms with E-state index in [4.69, 9.17) is 16.3 Å². The minimum Gasteiger partial charge on any atom is -0.487 e. The number of aryl methyl sites for hydroxylation is 2. The third-order valence-electron chi connectivity index (χ3n) is 2.27. The fourth-order valence-corrected chi connectivity index (χ4v) is 1.69. The van der Waals surface area contributed by atoms with Crippen LogP contribution >= 0.6 is 11.6 Å². The average Bonchev–Trinajstić information content (AvgIpc) is 2.27. The Morgan fingerprint density at radius 1 is 1.06 bits per heavy atom. The summed E-state index contributed by atoms with van der Waals surface area (Å²) >= 11 is 5.66. The molecule has 0 unspecified atom stereocenters. The van der Waals surface area contributed by atoms with E-state index in [1.165, 1.54) is 11.1 Å². The predicted octanol–water partition coefficient (Wildman–Crippen LogP) is 3.33. The Bertz CT molecular complexity index is 491. The zero-order chi connectivity index (χ0) is 12.3. The molecule has 0 amide bonds. The van der Waals surface area contributed by atoms with Crippen LogP contribution in [0.4, 0.5) is 0 Å². The van der Waals surface area contributed by atoms with Crippen molar-refractivity contribution in [2.24, 2.45) is 0 Å². The van der Waals surface area contributed by atoms with E-state index in [-0.39, 0.29) is 0 Å². The van der Waals surface area contributed by atoms with Gasteiger partial charge in [-0.3, -0.25) is 0 Å². The van der Waals surface area contributed by atoms with Crippen molar-refractivity contribution in [1.82, 2.24) is 10.2 Å². The van der Waals surface area contributed by atoms with E-state index in [1.807, 2.05) is 26.0 Å². The highest BCUT2D eigenvalue weighted by Crippen LogP contribution is 2.17. The number of nitrogens with zero attached hydrogens (tertiary/aromatic N) is 2. The smallest absolute Gasteiger partial charge is 0.151 e. The van der Waals surface area contributed by atoms with Crippen LogP contribution in [-0.2, 0) is 6.61 Å². The van der Waals surface area contributed by atoms with Gasteiger partial charge in [-0.15, -0.1) is 5.10 Å². The van der Waals surface area contributed by atoms with Crippen LogP contribution in [0.3, 0.4) is 0 Å². The number of aromatic nitrogens is 2. The van der Waals surface area contributed by atoms with Crippen molar-refractivity contribution in [3.05, 3.63) is 52.3 Å². The number of halogens is 1. The fourth-order valence-electron chi connectivity index (χ4n) is 1.59. The lowest BCUT2D eigenvalue weighted by Gasteiger charge is -2.07. The number of hydrogen-bond donors (Lipinski definition) is 0. The van der Waals surface area contributed by atoms with Crippen LogP contribution in [0.5, 0.6) is 5.75 Å². The topological polar surface area (TPSA) is 35.0 Å². The van der Waals surface area contributed by atoms with Crippen LogP contribution < -0.4 is 4.74 Å². The molecule has 1 aromatic carbocycles. The first-order valence-electron chi connectivity index (χ1n) is 5.33. The zero-order valence-electron chi connectivity index (χ0n) is 9.77. The van der Waals surface area contributed by atoms with Crippen molar-refractivity contribution < 1.29 is 4.74 Å². The maximum atomic E-state index is 5.66. The van der Waals surface area contributed by atoms with Crippen molar-refractivity contribution in [2.45, 2.75) is 20.5 Å². The van der Waals surface area contributed by atoms with Gasteiger partial charge >= 0.3 is 0 Å². The SMILES string of the molecule is Cc1cc(C)cc(OCc2ccc(Cl)nn2)c1. The van der Waals surface area contributed by atoms with Crippen LogP contribution in [0.25, 0.3) is 0 Å². The molecule has 4 heteroatoms. The molecular formula is C13H13ClN2O. The third kappa shape index (κ3) is 3.43. The van der Waals surface area contributed by atoms with Gasteiger partial charge in [0.25, 0.3) is 0 Å². The Kier molecular flexibility index (Phi) is 3.59. The molecule has 0 N–H and O–H groups in total. The molecule has 0 saturated heterocycles. The second-order valence-corrected chi connectivity index (χ2v) is 4.35. The normalized spacial score (nSPS) is 10.3. The largest absolute Gasteiger partial charge is 0.487 e. The summed E-state index contributed by atoms with van der Waals surface area (Å²) in [6, 6.07) is 9.61. The van der Waals surface area contributed by atoms with Crippen molar-refractivity contribution >= 4 is 11.6 Å². The molecule has 1 aromatic heterocycles. The summed E-state index contributed by atoms with van der Waals surface area (Å²) in [5, 5.41) is 8.08. The summed E-state index contributed by atoms with van der Waals surface area (Å²) in [5.74, 6) is 0.847. The fraction of sp³-hybridized carbons (Fsp3) is 0.231. The van der Waals surface area contributed by atoms with Crippen LogP contribution in [-0.4, -0.2) is 10.2 Å². The molecule has 2 rings (SSSR count). The first-order valence-corrected chi connectivity index (χ1v) is 5.70. The molecule has 0 saturated carbocycles. The summed E-state index contributed by atoms with van der Waals surface area (Å²) in [6.07, 6.45) is 0. The van der Waals surface area contributed by atoms with E-state index in [9.17, 15) is 0 Å². The van der Waals surface area contributed by atoms with E-state index in [0.29, 0.717) is 11.8 Å². The van der Waals surface area contributed by atoms with Crippen LogP contribution in [0, 0.1) is 13.8 Å². The lowest BCUT2D eigenvalue weighted by atomic mass is 10.1. The second-order valence-electron chi connectivity index (χ2n) is 3.96. The van der Waals surface area contributed by atoms with Crippen LogP contribution in [0.2, 0.25) is 5.15 Å². The van der Waals surface area contributed by atoms with Gasteiger partial charge in [0.15, 0.2) is 5.15 Å².